The molecule has 0 saturated heterocycles. The van der Waals surface area contributed by atoms with E-state index in [4.69, 9.17) is 9.47 Å². The van der Waals surface area contributed by atoms with Gasteiger partial charge in [-0.15, -0.1) is 0 Å². The summed E-state index contributed by atoms with van der Waals surface area (Å²) >= 11 is 0. The fraction of sp³-hybridized carbons (Fsp3) is 0.391. The number of fused-ring (bicyclic) bond motifs is 1. The second-order valence-electron chi connectivity index (χ2n) is 7.23. The van der Waals surface area contributed by atoms with Crippen molar-refractivity contribution in [1.82, 2.24) is 5.32 Å². The highest BCUT2D eigenvalue weighted by Gasteiger charge is 2.13. The number of nitrogens with one attached hydrogen (secondary N) is 1. The number of esters is 1. The van der Waals surface area contributed by atoms with Crippen LogP contribution in [0.4, 0.5) is 0 Å². The van der Waals surface area contributed by atoms with Gasteiger partial charge in [0.2, 0.25) is 0 Å². The standard InChI is InChI=1S/C23H27NO4/c1-17(10-11-18-6-3-2-4-7-18)24-22(25)15-28-23(26)16-27-21-13-12-19-8-5-9-20(19)14-21/h2-4,6-7,12-14,17H,5,8-11,15-16H2,1H3,(H,24,25)/t17-/m1/s1. The minimum atomic E-state index is -0.549. The molecule has 148 valence electrons. The molecule has 0 heterocycles. The van der Waals surface area contributed by atoms with Crippen LogP contribution in [0.25, 0.3) is 0 Å². The van der Waals surface area contributed by atoms with Crippen LogP contribution in [0.15, 0.2) is 48.5 Å². The maximum Gasteiger partial charge on any atom is 0.344 e. The van der Waals surface area contributed by atoms with E-state index in [0.717, 1.165) is 25.7 Å². The van der Waals surface area contributed by atoms with Gasteiger partial charge in [-0.3, -0.25) is 4.79 Å². The number of carbonyl (C=O) groups is 2. The van der Waals surface area contributed by atoms with Crippen molar-refractivity contribution >= 4 is 11.9 Å². The predicted octanol–water partition coefficient (Wildman–Crippen LogP) is 3.23. The van der Waals surface area contributed by atoms with E-state index in [0.29, 0.717) is 5.75 Å². The van der Waals surface area contributed by atoms with E-state index in [2.05, 4.69) is 17.4 Å². The van der Waals surface area contributed by atoms with Crippen LogP contribution in [0.5, 0.6) is 5.75 Å². The predicted molar refractivity (Wildman–Crippen MR) is 107 cm³/mol. The summed E-state index contributed by atoms with van der Waals surface area (Å²) < 4.78 is 10.5. The minimum Gasteiger partial charge on any atom is -0.482 e. The largest absolute Gasteiger partial charge is 0.482 e. The third-order valence-corrected chi connectivity index (χ3v) is 4.91. The highest BCUT2D eigenvalue weighted by molar-refractivity contribution is 5.81. The van der Waals surface area contributed by atoms with Gasteiger partial charge in [-0.25, -0.2) is 4.79 Å². The van der Waals surface area contributed by atoms with Crippen molar-refractivity contribution in [3.63, 3.8) is 0 Å². The van der Waals surface area contributed by atoms with E-state index in [1.807, 2.05) is 43.3 Å². The van der Waals surface area contributed by atoms with Gasteiger partial charge in [-0.1, -0.05) is 36.4 Å². The molecule has 1 atom stereocenters. The molecule has 0 fully saturated rings. The molecular weight excluding hydrogens is 354 g/mol. The van der Waals surface area contributed by atoms with Crippen LogP contribution in [0.3, 0.4) is 0 Å². The summed E-state index contributed by atoms with van der Waals surface area (Å²) in [6.07, 6.45) is 5.04. The molecule has 5 heteroatoms. The van der Waals surface area contributed by atoms with Crippen LogP contribution in [0.1, 0.15) is 36.5 Å². The Morgan fingerprint density at radius 2 is 1.82 bits per heavy atom. The SMILES string of the molecule is C[C@H](CCc1ccccc1)NC(=O)COC(=O)COc1ccc2c(c1)CCC2. The molecule has 0 radical (unpaired) electrons. The number of ether oxygens (including phenoxy) is 2. The Bertz CT molecular complexity index is 804. The van der Waals surface area contributed by atoms with Crippen LogP contribution < -0.4 is 10.1 Å². The Kier molecular flexibility index (Phi) is 7.06. The summed E-state index contributed by atoms with van der Waals surface area (Å²) in [5, 5.41) is 2.85. The minimum absolute atomic E-state index is 0.00840. The van der Waals surface area contributed by atoms with E-state index in [-0.39, 0.29) is 25.2 Å². The average molecular weight is 381 g/mol. The Hall–Kier alpha value is -2.82. The second-order valence-corrected chi connectivity index (χ2v) is 7.23. The first-order valence-electron chi connectivity index (χ1n) is 9.83. The van der Waals surface area contributed by atoms with E-state index in [9.17, 15) is 9.59 Å². The van der Waals surface area contributed by atoms with Gasteiger partial charge in [0, 0.05) is 6.04 Å². The topological polar surface area (TPSA) is 64.6 Å². The quantitative estimate of drug-likeness (QED) is 0.678. The number of carbonyl (C=O) groups excluding carboxylic acids is 2. The number of aryl methyl sites for hydroxylation is 3. The Labute approximate surface area is 166 Å². The molecule has 0 aliphatic heterocycles. The smallest absolute Gasteiger partial charge is 0.344 e. The molecule has 0 spiro atoms. The molecule has 5 nitrogen and oxygen atoms in total. The van der Waals surface area contributed by atoms with Gasteiger partial charge in [-0.2, -0.15) is 0 Å². The van der Waals surface area contributed by atoms with Crippen molar-refractivity contribution in [3.05, 3.63) is 65.2 Å². The van der Waals surface area contributed by atoms with Gasteiger partial charge in [0.25, 0.3) is 5.91 Å². The number of rotatable bonds is 9. The van der Waals surface area contributed by atoms with Gasteiger partial charge in [0.05, 0.1) is 0 Å². The Morgan fingerprint density at radius 1 is 1.04 bits per heavy atom. The summed E-state index contributed by atoms with van der Waals surface area (Å²) in [4.78, 5) is 23.8. The van der Waals surface area contributed by atoms with E-state index < -0.39 is 5.97 Å². The highest BCUT2D eigenvalue weighted by atomic mass is 16.6. The summed E-state index contributed by atoms with van der Waals surface area (Å²) in [6, 6.07) is 16.0. The summed E-state index contributed by atoms with van der Waals surface area (Å²) in [7, 11) is 0. The first kappa shape index (κ1) is 19.9. The van der Waals surface area contributed by atoms with Gasteiger partial charge < -0.3 is 14.8 Å². The van der Waals surface area contributed by atoms with Crippen LogP contribution >= 0.6 is 0 Å². The molecule has 0 saturated carbocycles. The lowest BCUT2D eigenvalue weighted by Gasteiger charge is -2.14. The fourth-order valence-corrected chi connectivity index (χ4v) is 3.38. The first-order chi connectivity index (χ1) is 13.6. The van der Waals surface area contributed by atoms with Crippen LogP contribution in [0, 0.1) is 0 Å². The third kappa shape index (κ3) is 6.12. The third-order valence-electron chi connectivity index (χ3n) is 4.91. The Balaban J connectivity index is 1.32. The van der Waals surface area contributed by atoms with Gasteiger partial charge >= 0.3 is 5.97 Å². The van der Waals surface area contributed by atoms with E-state index >= 15 is 0 Å². The number of benzene rings is 2. The first-order valence-corrected chi connectivity index (χ1v) is 9.83. The molecule has 1 amide bonds. The zero-order valence-corrected chi connectivity index (χ0v) is 16.3. The molecule has 0 unspecified atom stereocenters. The highest BCUT2D eigenvalue weighted by Crippen LogP contribution is 2.25. The molecule has 2 aromatic rings. The average Bonchev–Trinajstić information content (AvgIpc) is 3.18. The van der Waals surface area contributed by atoms with Gasteiger partial charge in [0.15, 0.2) is 13.2 Å². The van der Waals surface area contributed by atoms with Crippen molar-refractivity contribution < 1.29 is 19.1 Å². The molecule has 28 heavy (non-hydrogen) atoms. The zero-order valence-electron chi connectivity index (χ0n) is 16.3. The maximum absolute atomic E-state index is 11.9. The fourth-order valence-electron chi connectivity index (χ4n) is 3.38. The second kappa shape index (κ2) is 9.93. The van der Waals surface area contributed by atoms with Crippen LogP contribution in [-0.4, -0.2) is 31.1 Å². The lowest BCUT2D eigenvalue weighted by atomic mass is 10.1. The zero-order chi connectivity index (χ0) is 19.8. The normalized spacial score (nSPS) is 13.5. The summed E-state index contributed by atoms with van der Waals surface area (Å²) in [5.74, 6) is -0.185. The number of hydrogen-bond acceptors (Lipinski definition) is 4. The maximum atomic E-state index is 11.9. The molecule has 1 aliphatic carbocycles. The monoisotopic (exact) mass is 381 g/mol. The number of hydrogen-bond donors (Lipinski definition) is 1. The Morgan fingerprint density at radius 3 is 2.64 bits per heavy atom. The molecule has 0 bridgehead atoms. The van der Waals surface area contributed by atoms with Gasteiger partial charge in [0.1, 0.15) is 5.75 Å². The molecule has 3 rings (SSSR count). The van der Waals surface area contributed by atoms with Crippen molar-refractivity contribution in [1.29, 1.82) is 0 Å². The lowest BCUT2D eigenvalue weighted by Crippen LogP contribution is -2.36. The van der Waals surface area contributed by atoms with Crippen molar-refractivity contribution in [3.8, 4) is 5.75 Å². The van der Waals surface area contributed by atoms with Crippen molar-refractivity contribution in [2.24, 2.45) is 0 Å². The summed E-state index contributed by atoms with van der Waals surface area (Å²) in [5.41, 5.74) is 3.88. The molecule has 1 N–H and O–H groups in total. The molecular formula is C23H27NO4. The van der Waals surface area contributed by atoms with Crippen molar-refractivity contribution in [2.45, 2.75) is 45.1 Å². The van der Waals surface area contributed by atoms with Crippen molar-refractivity contribution in [2.75, 3.05) is 13.2 Å². The number of amides is 1. The molecule has 1 aliphatic rings. The molecule has 0 aromatic heterocycles. The van der Waals surface area contributed by atoms with E-state index in [1.54, 1.807) is 0 Å². The molecule has 2 aromatic carbocycles. The summed E-state index contributed by atoms with van der Waals surface area (Å²) in [6.45, 7) is 1.46. The van der Waals surface area contributed by atoms with Crippen LogP contribution in [-0.2, 0) is 33.6 Å². The van der Waals surface area contributed by atoms with Crippen LogP contribution in [0.2, 0.25) is 0 Å². The lowest BCUT2D eigenvalue weighted by molar-refractivity contribution is -0.150. The van der Waals surface area contributed by atoms with Gasteiger partial charge in [-0.05, 0) is 67.9 Å². The van der Waals surface area contributed by atoms with E-state index in [1.165, 1.54) is 23.1 Å².